The van der Waals surface area contributed by atoms with Gasteiger partial charge in [0.15, 0.2) is 0 Å². The topological polar surface area (TPSA) is 44.8 Å². The summed E-state index contributed by atoms with van der Waals surface area (Å²) in [6, 6.07) is 16.6. The zero-order chi connectivity index (χ0) is 19.2. The van der Waals surface area contributed by atoms with Gasteiger partial charge in [-0.25, -0.2) is 4.79 Å². The van der Waals surface area contributed by atoms with Crippen molar-refractivity contribution in [1.29, 1.82) is 0 Å². The standard InChI is InChI=1S/C22H29N3O2/c1-4-18-5-7-19(8-6-18)17(2)23-22(26)25-15-13-24(14-16-25)20-9-11-21(27-3)12-10-20/h5-12,17H,4,13-16H2,1-3H3,(H,23,26). The Morgan fingerprint density at radius 1 is 1.04 bits per heavy atom. The second-order valence-electron chi connectivity index (χ2n) is 6.94. The van der Waals surface area contributed by atoms with Crippen LogP contribution in [0.2, 0.25) is 0 Å². The lowest BCUT2D eigenvalue weighted by atomic mass is 10.1. The lowest BCUT2D eigenvalue weighted by Crippen LogP contribution is -2.52. The normalized spacial score (nSPS) is 15.4. The van der Waals surface area contributed by atoms with E-state index in [0.29, 0.717) is 0 Å². The van der Waals surface area contributed by atoms with E-state index in [1.165, 1.54) is 11.3 Å². The molecule has 5 heteroatoms. The van der Waals surface area contributed by atoms with Gasteiger partial charge in [-0.1, -0.05) is 31.2 Å². The second kappa shape index (κ2) is 8.80. The first-order valence-corrected chi connectivity index (χ1v) is 9.64. The van der Waals surface area contributed by atoms with Crippen molar-refractivity contribution in [1.82, 2.24) is 10.2 Å². The minimum absolute atomic E-state index is 0.00280. The fourth-order valence-electron chi connectivity index (χ4n) is 3.36. The Hall–Kier alpha value is -2.69. The number of hydrogen-bond donors (Lipinski definition) is 1. The Kier molecular flexibility index (Phi) is 6.22. The van der Waals surface area contributed by atoms with Gasteiger partial charge in [0, 0.05) is 31.9 Å². The Morgan fingerprint density at radius 2 is 1.67 bits per heavy atom. The van der Waals surface area contributed by atoms with E-state index >= 15 is 0 Å². The van der Waals surface area contributed by atoms with Crippen LogP contribution in [0.1, 0.15) is 31.0 Å². The van der Waals surface area contributed by atoms with Gasteiger partial charge in [0.05, 0.1) is 13.2 Å². The average molecular weight is 367 g/mol. The summed E-state index contributed by atoms with van der Waals surface area (Å²) in [5.74, 6) is 0.859. The molecule has 2 amide bonds. The van der Waals surface area contributed by atoms with Crippen molar-refractivity contribution >= 4 is 11.7 Å². The van der Waals surface area contributed by atoms with Crippen LogP contribution in [0.5, 0.6) is 5.75 Å². The molecule has 1 saturated heterocycles. The van der Waals surface area contributed by atoms with Gasteiger partial charge in [-0.3, -0.25) is 0 Å². The number of rotatable bonds is 5. The molecule has 1 N–H and O–H groups in total. The van der Waals surface area contributed by atoms with Gasteiger partial charge in [0.1, 0.15) is 5.75 Å². The number of carbonyl (C=O) groups excluding carboxylic acids is 1. The molecule has 144 valence electrons. The summed E-state index contributed by atoms with van der Waals surface area (Å²) in [7, 11) is 1.67. The van der Waals surface area contributed by atoms with Crippen LogP contribution in [-0.2, 0) is 6.42 Å². The van der Waals surface area contributed by atoms with Crippen molar-refractivity contribution in [2.24, 2.45) is 0 Å². The molecular weight excluding hydrogens is 338 g/mol. The van der Waals surface area contributed by atoms with Gasteiger partial charge in [-0.05, 0) is 48.7 Å². The van der Waals surface area contributed by atoms with E-state index in [9.17, 15) is 4.79 Å². The predicted molar refractivity (Wildman–Crippen MR) is 110 cm³/mol. The van der Waals surface area contributed by atoms with Gasteiger partial charge in [-0.15, -0.1) is 0 Å². The Labute approximate surface area is 161 Å². The van der Waals surface area contributed by atoms with Crippen molar-refractivity contribution in [2.75, 3.05) is 38.2 Å². The third-order valence-electron chi connectivity index (χ3n) is 5.23. The summed E-state index contributed by atoms with van der Waals surface area (Å²) in [5.41, 5.74) is 3.62. The number of nitrogens with one attached hydrogen (secondary N) is 1. The number of amides is 2. The van der Waals surface area contributed by atoms with Crippen LogP contribution >= 0.6 is 0 Å². The van der Waals surface area contributed by atoms with Crippen LogP contribution in [0.3, 0.4) is 0 Å². The van der Waals surface area contributed by atoms with E-state index in [4.69, 9.17) is 4.74 Å². The summed E-state index contributed by atoms with van der Waals surface area (Å²) >= 11 is 0. The van der Waals surface area contributed by atoms with Gasteiger partial charge < -0.3 is 19.9 Å². The molecular formula is C22H29N3O2. The summed E-state index contributed by atoms with van der Waals surface area (Å²) in [5, 5.41) is 3.12. The SMILES string of the molecule is CCc1ccc(C(C)NC(=O)N2CCN(c3ccc(OC)cc3)CC2)cc1. The highest BCUT2D eigenvalue weighted by atomic mass is 16.5. The molecule has 1 aliphatic rings. The summed E-state index contributed by atoms with van der Waals surface area (Å²) in [4.78, 5) is 16.8. The van der Waals surface area contributed by atoms with E-state index in [1.54, 1.807) is 7.11 Å². The van der Waals surface area contributed by atoms with Crippen molar-refractivity contribution in [3.8, 4) is 5.75 Å². The van der Waals surface area contributed by atoms with Gasteiger partial charge in [0.2, 0.25) is 0 Å². The summed E-state index contributed by atoms with van der Waals surface area (Å²) in [6.45, 7) is 7.29. The van der Waals surface area contributed by atoms with E-state index in [2.05, 4.69) is 53.5 Å². The Bertz CT molecular complexity index is 735. The van der Waals surface area contributed by atoms with E-state index in [1.807, 2.05) is 24.0 Å². The maximum Gasteiger partial charge on any atom is 0.317 e. The molecule has 27 heavy (non-hydrogen) atoms. The number of nitrogens with zero attached hydrogens (tertiary/aromatic N) is 2. The van der Waals surface area contributed by atoms with Gasteiger partial charge in [-0.2, -0.15) is 0 Å². The van der Waals surface area contributed by atoms with Crippen LogP contribution < -0.4 is 15.0 Å². The molecule has 0 bridgehead atoms. The third kappa shape index (κ3) is 4.73. The first-order valence-electron chi connectivity index (χ1n) is 9.64. The summed E-state index contributed by atoms with van der Waals surface area (Å²) < 4.78 is 5.21. The second-order valence-corrected chi connectivity index (χ2v) is 6.94. The van der Waals surface area contributed by atoms with Crippen molar-refractivity contribution in [3.05, 3.63) is 59.7 Å². The molecule has 3 rings (SSSR count). The molecule has 1 aliphatic heterocycles. The minimum Gasteiger partial charge on any atom is -0.497 e. The fraction of sp³-hybridized carbons (Fsp3) is 0.409. The lowest BCUT2D eigenvalue weighted by molar-refractivity contribution is 0.191. The number of anilines is 1. The third-order valence-corrected chi connectivity index (χ3v) is 5.23. The van der Waals surface area contributed by atoms with E-state index in [-0.39, 0.29) is 12.1 Å². The van der Waals surface area contributed by atoms with Crippen molar-refractivity contribution < 1.29 is 9.53 Å². The highest BCUT2D eigenvalue weighted by Crippen LogP contribution is 2.21. The minimum atomic E-state index is 0.00280. The molecule has 0 aromatic heterocycles. The predicted octanol–water partition coefficient (Wildman–Crippen LogP) is 3.85. The maximum atomic E-state index is 12.6. The highest BCUT2D eigenvalue weighted by molar-refractivity contribution is 5.75. The van der Waals surface area contributed by atoms with Crippen LogP contribution in [0.25, 0.3) is 0 Å². The first-order chi connectivity index (χ1) is 13.1. The number of methoxy groups -OCH3 is 1. The van der Waals surface area contributed by atoms with E-state index in [0.717, 1.165) is 43.9 Å². The zero-order valence-electron chi connectivity index (χ0n) is 16.4. The molecule has 1 fully saturated rings. The molecule has 0 aliphatic carbocycles. The van der Waals surface area contributed by atoms with Crippen LogP contribution in [0, 0.1) is 0 Å². The molecule has 1 unspecified atom stereocenters. The number of carbonyl (C=O) groups is 1. The molecule has 0 saturated carbocycles. The number of benzene rings is 2. The summed E-state index contributed by atoms with van der Waals surface area (Å²) in [6.07, 6.45) is 1.03. The largest absolute Gasteiger partial charge is 0.497 e. The Morgan fingerprint density at radius 3 is 2.22 bits per heavy atom. The smallest absolute Gasteiger partial charge is 0.317 e. The Balaban J connectivity index is 1.51. The van der Waals surface area contributed by atoms with Gasteiger partial charge >= 0.3 is 6.03 Å². The van der Waals surface area contributed by atoms with Crippen LogP contribution in [0.15, 0.2) is 48.5 Å². The molecule has 2 aromatic carbocycles. The molecule has 1 heterocycles. The number of hydrogen-bond acceptors (Lipinski definition) is 3. The molecule has 0 radical (unpaired) electrons. The van der Waals surface area contributed by atoms with Crippen molar-refractivity contribution in [3.63, 3.8) is 0 Å². The first kappa shape index (κ1) is 19.1. The molecule has 1 atom stereocenters. The quantitative estimate of drug-likeness (QED) is 0.873. The van der Waals surface area contributed by atoms with Crippen LogP contribution in [-0.4, -0.2) is 44.2 Å². The van der Waals surface area contributed by atoms with E-state index < -0.39 is 0 Å². The zero-order valence-corrected chi connectivity index (χ0v) is 16.4. The molecule has 2 aromatic rings. The maximum absolute atomic E-state index is 12.6. The van der Waals surface area contributed by atoms with Crippen molar-refractivity contribution in [2.45, 2.75) is 26.3 Å². The molecule has 0 spiro atoms. The highest BCUT2D eigenvalue weighted by Gasteiger charge is 2.22. The van der Waals surface area contributed by atoms with Crippen LogP contribution in [0.4, 0.5) is 10.5 Å². The number of aryl methyl sites for hydroxylation is 1. The monoisotopic (exact) mass is 367 g/mol. The number of urea groups is 1. The fourth-order valence-corrected chi connectivity index (χ4v) is 3.36. The number of piperazine rings is 1. The van der Waals surface area contributed by atoms with Gasteiger partial charge in [0.25, 0.3) is 0 Å². The number of ether oxygens (including phenoxy) is 1. The average Bonchev–Trinajstić information content (AvgIpc) is 2.74. The lowest BCUT2D eigenvalue weighted by Gasteiger charge is -2.36. The molecule has 5 nitrogen and oxygen atoms in total.